The second kappa shape index (κ2) is 6.04. The third-order valence-electron chi connectivity index (χ3n) is 2.08. The van der Waals surface area contributed by atoms with E-state index in [4.69, 9.17) is 0 Å². The first kappa shape index (κ1) is 16.2. The summed E-state index contributed by atoms with van der Waals surface area (Å²) in [5.41, 5.74) is -5.79. The van der Waals surface area contributed by atoms with Gasteiger partial charge in [0.1, 0.15) is 6.20 Å². The quantitative estimate of drug-likeness (QED) is 0.849. The number of rotatable bonds is 5. The van der Waals surface area contributed by atoms with Crippen LogP contribution in [0, 0.1) is 0 Å². The number of anilines is 1. The van der Waals surface area contributed by atoms with Crippen molar-refractivity contribution in [3.8, 4) is 0 Å². The molecule has 0 aliphatic heterocycles. The molecule has 0 bridgehead atoms. The van der Waals surface area contributed by atoms with Crippen LogP contribution in [-0.4, -0.2) is 25.6 Å². The summed E-state index contributed by atoms with van der Waals surface area (Å²) in [7, 11) is -5.69. The molecule has 1 aromatic carbocycles. The molecule has 1 rings (SSSR count). The van der Waals surface area contributed by atoms with Crippen molar-refractivity contribution < 1.29 is 31.4 Å². The van der Waals surface area contributed by atoms with Gasteiger partial charge >= 0.3 is 15.5 Å². The van der Waals surface area contributed by atoms with Gasteiger partial charge in [0.05, 0.1) is 12.3 Å². The van der Waals surface area contributed by atoms with Crippen LogP contribution in [-0.2, 0) is 14.8 Å². The molecule has 0 saturated heterocycles. The first-order valence-corrected chi connectivity index (χ1v) is 6.83. The van der Waals surface area contributed by atoms with E-state index in [1.54, 1.807) is 0 Å². The summed E-state index contributed by atoms with van der Waals surface area (Å²) in [6, 6.07) is 6.53. The van der Waals surface area contributed by atoms with Gasteiger partial charge < -0.3 is 9.84 Å². The third kappa shape index (κ3) is 3.56. The van der Waals surface area contributed by atoms with Crippen molar-refractivity contribution in [2.45, 2.75) is 12.4 Å². The van der Waals surface area contributed by atoms with Gasteiger partial charge in [0.25, 0.3) is 5.95 Å². The predicted octanol–water partition coefficient (Wildman–Crippen LogP) is 2.74. The largest absolute Gasteiger partial charge is 0.517 e. The topological polar surface area (TPSA) is 66.8 Å². The average Bonchev–Trinajstić information content (AvgIpc) is 2.36. The lowest BCUT2D eigenvalue weighted by atomic mass is 10.3. The van der Waals surface area contributed by atoms with E-state index in [0.717, 1.165) is 12.1 Å². The van der Waals surface area contributed by atoms with Crippen LogP contribution < -0.4 is 4.31 Å². The maximum atomic E-state index is 12.6. The number of benzene rings is 1. The molecule has 0 fully saturated rings. The Labute approximate surface area is 113 Å². The minimum atomic E-state index is -5.69. The van der Waals surface area contributed by atoms with Gasteiger partial charge in [0.15, 0.2) is 0 Å². The molecule has 5 nitrogen and oxygen atoms in total. The van der Waals surface area contributed by atoms with E-state index in [9.17, 15) is 26.7 Å². The maximum absolute atomic E-state index is 12.6. The van der Waals surface area contributed by atoms with E-state index in [0.29, 0.717) is 6.20 Å². The summed E-state index contributed by atoms with van der Waals surface area (Å²) in [5, 5.41) is 9.28. The van der Waals surface area contributed by atoms with Crippen LogP contribution in [0.2, 0.25) is 0 Å². The zero-order valence-electron chi connectivity index (χ0n) is 10.3. The molecule has 0 unspecified atom stereocenters. The summed E-state index contributed by atoms with van der Waals surface area (Å²) < 4.78 is 65.3. The molecule has 1 aromatic rings. The molecule has 0 amide bonds. The second-order valence-corrected chi connectivity index (χ2v) is 5.29. The van der Waals surface area contributed by atoms with Gasteiger partial charge in [-0.25, -0.2) is 4.31 Å². The summed E-state index contributed by atoms with van der Waals surface area (Å²) in [6.07, 6.45) is 0.363. The van der Waals surface area contributed by atoms with Crippen LogP contribution in [0.25, 0.3) is 0 Å². The van der Waals surface area contributed by atoms with Crippen molar-refractivity contribution in [2.24, 2.45) is 0 Å². The number of alkyl halides is 3. The van der Waals surface area contributed by atoms with Crippen LogP contribution in [0.3, 0.4) is 0 Å². The molecule has 1 N–H and O–H groups in total. The SMILES string of the molecule is CCOC(O)=CN(c1ccccc1)S(=O)(=O)C(F)(F)F. The van der Waals surface area contributed by atoms with E-state index in [1.807, 2.05) is 0 Å². The molecule has 0 heterocycles. The Kier molecular flexibility index (Phi) is 4.88. The molecule has 0 aliphatic rings. The summed E-state index contributed by atoms with van der Waals surface area (Å²) in [4.78, 5) is 0. The Balaban J connectivity index is 3.34. The van der Waals surface area contributed by atoms with Gasteiger partial charge in [-0.05, 0) is 19.1 Å². The number of aliphatic hydroxyl groups excluding tert-OH is 1. The summed E-state index contributed by atoms with van der Waals surface area (Å²) in [6.45, 7) is 1.45. The molecule has 0 spiro atoms. The van der Waals surface area contributed by atoms with Crippen LogP contribution in [0.1, 0.15) is 6.92 Å². The summed E-state index contributed by atoms with van der Waals surface area (Å²) >= 11 is 0. The molecule has 20 heavy (non-hydrogen) atoms. The Hall–Kier alpha value is -1.90. The lowest BCUT2D eigenvalue weighted by Gasteiger charge is -2.21. The first-order chi connectivity index (χ1) is 9.20. The Morgan fingerprint density at radius 1 is 1.35 bits per heavy atom. The van der Waals surface area contributed by atoms with E-state index in [1.165, 1.54) is 25.1 Å². The number of nitrogens with zero attached hydrogens (tertiary/aromatic N) is 1. The van der Waals surface area contributed by atoms with E-state index >= 15 is 0 Å². The molecule has 0 radical (unpaired) electrons. The van der Waals surface area contributed by atoms with Gasteiger partial charge in [-0.1, -0.05) is 18.2 Å². The van der Waals surface area contributed by atoms with Crippen LogP contribution >= 0.6 is 0 Å². The number of hydrogen-bond donors (Lipinski definition) is 1. The molecule has 0 atom stereocenters. The van der Waals surface area contributed by atoms with Gasteiger partial charge in [-0.15, -0.1) is 0 Å². The van der Waals surface area contributed by atoms with Gasteiger partial charge in [0, 0.05) is 0 Å². The Morgan fingerprint density at radius 3 is 2.35 bits per heavy atom. The lowest BCUT2D eigenvalue weighted by molar-refractivity contribution is -0.0436. The van der Waals surface area contributed by atoms with Crippen molar-refractivity contribution in [1.29, 1.82) is 0 Å². The predicted molar refractivity (Wildman–Crippen MR) is 66.2 cm³/mol. The van der Waals surface area contributed by atoms with Crippen molar-refractivity contribution in [3.05, 3.63) is 42.5 Å². The van der Waals surface area contributed by atoms with Crippen LogP contribution in [0.4, 0.5) is 18.9 Å². The highest BCUT2D eigenvalue weighted by molar-refractivity contribution is 7.93. The number of ether oxygens (including phenoxy) is 1. The van der Waals surface area contributed by atoms with E-state index < -0.39 is 21.5 Å². The molecule has 0 aliphatic carbocycles. The molecular weight excluding hydrogens is 299 g/mol. The highest BCUT2D eigenvalue weighted by Crippen LogP contribution is 2.31. The zero-order chi connectivity index (χ0) is 15.4. The fourth-order valence-electron chi connectivity index (χ4n) is 1.25. The minimum absolute atomic E-state index is 0.0307. The van der Waals surface area contributed by atoms with Gasteiger partial charge in [-0.3, -0.25) is 0 Å². The third-order valence-corrected chi connectivity index (χ3v) is 3.50. The molecular formula is C11H12F3NO4S. The number of para-hydroxylation sites is 1. The van der Waals surface area contributed by atoms with Crippen molar-refractivity contribution >= 4 is 15.7 Å². The van der Waals surface area contributed by atoms with Gasteiger partial charge in [0.2, 0.25) is 0 Å². The Morgan fingerprint density at radius 2 is 1.90 bits per heavy atom. The highest BCUT2D eigenvalue weighted by Gasteiger charge is 2.50. The normalized spacial score (nSPS) is 13.1. The number of halogens is 3. The standard InChI is InChI=1S/C11H12F3NO4S/c1-2-19-10(16)8-15(9-6-4-3-5-7-9)20(17,18)11(12,13)14/h3-8,16H,2H2,1H3. The smallest absolute Gasteiger partial charge is 0.480 e. The zero-order valence-corrected chi connectivity index (χ0v) is 11.1. The van der Waals surface area contributed by atoms with E-state index in [2.05, 4.69) is 4.74 Å². The number of sulfonamides is 1. The lowest BCUT2D eigenvalue weighted by Crippen LogP contribution is -2.37. The fraction of sp³-hybridized carbons (Fsp3) is 0.273. The maximum Gasteiger partial charge on any atom is 0.517 e. The van der Waals surface area contributed by atoms with Gasteiger partial charge in [-0.2, -0.15) is 21.6 Å². The molecule has 0 aromatic heterocycles. The van der Waals surface area contributed by atoms with Crippen LogP contribution in [0.15, 0.2) is 42.5 Å². The molecule has 0 saturated carbocycles. The van der Waals surface area contributed by atoms with Crippen molar-refractivity contribution in [2.75, 3.05) is 10.9 Å². The fourth-order valence-corrected chi connectivity index (χ4v) is 2.11. The monoisotopic (exact) mass is 311 g/mol. The highest BCUT2D eigenvalue weighted by atomic mass is 32.2. The molecule has 112 valence electrons. The second-order valence-electron chi connectivity index (χ2n) is 3.48. The van der Waals surface area contributed by atoms with Crippen molar-refractivity contribution in [1.82, 2.24) is 0 Å². The van der Waals surface area contributed by atoms with Crippen molar-refractivity contribution in [3.63, 3.8) is 0 Å². The summed E-state index contributed by atoms with van der Waals surface area (Å²) in [5.74, 6) is -0.941. The molecule has 9 heteroatoms. The first-order valence-electron chi connectivity index (χ1n) is 5.39. The Bertz CT molecular complexity index is 569. The number of hydrogen-bond acceptors (Lipinski definition) is 4. The average molecular weight is 311 g/mol. The van der Waals surface area contributed by atoms with Crippen LogP contribution in [0.5, 0.6) is 0 Å². The van der Waals surface area contributed by atoms with E-state index in [-0.39, 0.29) is 16.6 Å². The minimum Gasteiger partial charge on any atom is -0.480 e. The number of aliphatic hydroxyl groups is 1.